The van der Waals surface area contributed by atoms with Gasteiger partial charge in [-0.1, -0.05) is 12.1 Å². The highest BCUT2D eigenvalue weighted by Crippen LogP contribution is 2.13. The predicted molar refractivity (Wildman–Crippen MR) is 54.6 cm³/mol. The van der Waals surface area contributed by atoms with E-state index in [2.05, 4.69) is 10.6 Å². The Balaban J connectivity index is 2.08. The summed E-state index contributed by atoms with van der Waals surface area (Å²) >= 11 is 0. The zero-order valence-electron chi connectivity index (χ0n) is 8.09. The van der Waals surface area contributed by atoms with Gasteiger partial charge in [-0.15, -0.1) is 0 Å². The van der Waals surface area contributed by atoms with E-state index in [0.717, 1.165) is 31.6 Å². The van der Waals surface area contributed by atoms with Gasteiger partial charge in [0.1, 0.15) is 5.82 Å². The molecule has 76 valence electrons. The molecule has 1 saturated heterocycles. The monoisotopic (exact) mass is 194 g/mol. The number of hydrogen-bond acceptors (Lipinski definition) is 2. The molecule has 2 N–H and O–H groups in total. The van der Waals surface area contributed by atoms with E-state index < -0.39 is 0 Å². The molecule has 0 aromatic heterocycles. The van der Waals surface area contributed by atoms with Crippen LogP contribution < -0.4 is 10.6 Å². The fraction of sp³-hybridized carbons (Fsp3) is 0.455. The number of nitrogens with one attached hydrogen (secondary N) is 2. The smallest absolute Gasteiger partial charge is 0.123 e. The second-order valence-electron chi connectivity index (χ2n) is 3.62. The van der Waals surface area contributed by atoms with Crippen molar-refractivity contribution in [3.05, 3.63) is 35.6 Å². The van der Waals surface area contributed by atoms with Crippen LogP contribution >= 0.6 is 0 Å². The normalized spacial score (nSPS) is 23.1. The van der Waals surface area contributed by atoms with Crippen LogP contribution in [0.15, 0.2) is 24.3 Å². The van der Waals surface area contributed by atoms with Crippen molar-refractivity contribution >= 4 is 0 Å². The van der Waals surface area contributed by atoms with E-state index in [1.54, 1.807) is 0 Å². The van der Waals surface area contributed by atoms with Crippen molar-refractivity contribution in [2.24, 2.45) is 0 Å². The van der Waals surface area contributed by atoms with Crippen molar-refractivity contribution in [2.45, 2.75) is 12.5 Å². The van der Waals surface area contributed by atoms with Crippen LogP contribution in [0.3, 0.4) is 0 Å². The van der Waals surface area contributed by atoms with Gasteiger partial charge in [-0.25, -0.2) is 4.39 Å². The lowest BCUT2D eigenvalue weighted by molar-refractivity contribution is 0.550. The third-order valence-electron chi connectivity index (χ3n) is 2.54. The van der Waals surface area contributed by atoms with Crippen LogP contribution in [0.1, 0.15) is 18.0 Å². The molecule has 1 fully saturated rings. The third-order valence-corrected chi connectivity index (χ3v) is 2.54. The van der Waals surface area contributed by atoms with Crippen LogP contribution in [0.25, 0.3) is 0 Å². The second-order valence-corrected chi connectivity index (χ2v) is 3.62. The van der Waals surface area contributed by atoms with Crippen LogP contribution in [0, 0.1) is 5.82 Å². The highest BCUT2D eigenvalue weighted by molar-refractivity contribution is 5.20. The van der Waals surface area contributed by atoms with Crippen molar-refractivity contribution in [1.82, 2.24) is 10.6 Å². The summed E-state index contributed by atoms with van der Waals surface area (Å²) in [5, 5.41) is 6.79. The molecule has 0 aliphatic carbocycles. The SMILES string of the molecule is Fc1ccc([C@@H]2CNCCCN2)cc1. The van der Waals surface area contributed by atoms with E-state index >= 15 is 0 Å². The van der Waals surface area contributed by atoms with Gasteiger partial charge < -0.3 is 10.6 Å². The Bertz CT molecular complexity index is 276. The molecule has 14 heavy (non-hydrogen) atoms. The topological polar surface area (TPSA) is 24.1 Å². The lowest BCUT2D eigenvalue weighted by Crippen LogP contribution is -2.27. The number of rotatable bonds is 1. The number of hydrogen-bond donors (Lipinski definition) is 2. The van der Waals surface area contributed by atoms with Crippen LogP contribution in [0.5, 0.6) is 0 Å². The average Bonchev–Trinajstić information content (AvgIpc) is 2.47. The highest BCUT2D eigenvalue weighted by atomic mass is 19.1. The Labute approximate surface area is 83.5 Å². The minimum atomic E-state index is -0.171. The molecule has 1 aliphatic heterocycles. The standard InChI is InChI=1S/C11H15FN2/c12-10-4-2-9(3-5-10)11-8-13-6-1-7-14-11/h2-5,11,13-14H,1,6-8H2/t11-/m0/s1. The van der Waals surface area contributed by atoms with Crippen molar-refractivity contribution in [2.75, 3.05) is 19.6 Å². The van der Waals surface area contributed by atoms with E-state index in [-0.39, 0.29) is 5.82 Å². The first-order valence-corrected chi connectivity index (χ1v) is 5.06. The minimum absolute atomic E-state index is 0.171. The first-order valence-electron chi connectivity index (χ1n) is 5.06. The molecule has 0 radical (unpaired) electrons. The largest absolute Gasteiger partial charge is 0.315 e. The number of benzene rings is 1. The Morgan fingerprint density at radius 1 is 1.14 bits per heavy atom. The zero-order chi connectivity index (χ0) is 9.80. The molecule has 1 atom stereocenters. The molecule has 2 rings (SSSR count). The van der Waals surface area contributed by atoms with Gasteiger partial charge in [0.15, 0.2) is 0 Å². The Morgan fingerprint density at radius 3 is 2.71 bits per heavy atom. The fourth-order valence-corrected chi connectivity index (χ4v) is 1.74. The Hall–Kier alpha value is -0.930. The Kier molecular flexibility index (Phi) is 3.11. The zero-order valence-corrected chi connectivity index (χ0v) is 8.09. The van der Waals surface area contributed by atoms with Gasteiger partial charge in [0.2, 0.25) is 0 Å². The third kappa shape index (κ3) is 2.30. The summed E-state index contributed by atoms with van der Waals surface area (Å²) in [6.45, 7) is 3.01. The summed E-state index contributed by atoms with van der Waals surface area (Å²) in [5.74, 6) is -0.171. The lowest BCUT2D eigenvalue weighted by atomic mass is 10.1. The molecule has 1 aromatic carbocycles. The fourth-order valence-electron chi connectivity index (χ4n) is 1.74. The van der Waals surface area contributed by atoms with Crippen LogP contribution in [-0.4, -0.2) is 19.6 Å². The molecule has 1 aliphatic rings. The summed E-state index contributed by atoms with van der Waals surface area (Å²) in [5.41, 5.74) is 1.15. The maximum absolute atomic E-state index is 12.7. The predicted octanol–water partition coefficient (Wildman–Crippen LogP) is 1.45. The lowest BCUT2D eigenvalue weighted by Gasteiger charge is -2.15. The van der Waals surface area contributed by atoms with E-state index in [0.29, 0.717) is 6.04 Å². The van der Waals surface area contributed by atoms with E-state index in [1.807, 2.05) is 12.1 Å². The average molecular weight is 194 g/mol. The second kappa shape index (κ2) is 4.53. The van der Waals surface area contributed by atoms with Gasteiger partial charge in [0.05, 0.1) is 0 Å². The van der Waals surface area contributed by atoms with Crippen molar-refractivity contribution < 1.29 is 4.39 Å². The van der Waals surface area contributed by atoms with Gasteiger partial charge >= 0.3 is 0 Å². The molecule has 0 spiro atoms. The molecule has 2 nitrogen and oxygen atoms in total. The molecular formula is C11H15FN2. The highest BCUT2D eigenvalue weighted by Gasteiger charge is 2.12. The van der Waals surface area contributed by atoms with Crippen molar-refractivity contribution in [1.29, 1.82) is 0 Å². The quantitative estimate of drug-likeness (QED) is 0.707. The molecular weight excluding hydrogens is 179 g/mol. The Morgan fingerprint density at radius 2 is 1.93 bits per heavy atom. The molecule has 0 amide bonds. The van der Waals surface area contributed by atoms with Crippen molar-refractivity contribution in [3.8, 4) is 0 Å². The van der Waals surface area contributed by atoms with Gasteiger partial charge in [-0.2, -0.15) is 0 Å². The minimum Gasteiger partial charge on any atom is -0.315 e. The van der Waals surface area contributed by atoms with Gasteiger partial charge in [-0.05, 0) is 37.2 Å². The van der Waals surface area contributed by atoms with Gasteiger partial charge in [-0.3, -0.25) is 0 Å². The van der Waals surface area contributed by atoms with Gasteiger partial charge in [0, 0.05) is 12.6 Å². The molecule has 1 aromatic rings. The molecule has 0 unspecified atom stereocenters. The molecule has 3 heteroatoms. The van der Waals surface area contributed by atoms with Crippen LogP contribution in [-0.2, 0) is 0 Å². The summed E-state index contributed by atoms with van der Waals surface area (Å²) in [6.07, 6.45) is 1.15. The van der Waals surface area contributed by atoms with E-state index in [1.165, 1.54) is 12.1 Å². The summed E-state index contributed by atoms with van der Waals surface area (Å²) in [6, 6.07) is 7.04. The van der Waals surface area contributed by atoms with Crippen molar-refractivity contribution in [3.63, 3.8) is 0 Å². The molecule has 1 heterocycles. The maximum Gasteiger partial charge on any atom is 0.123 e. The summed E-state index contributed by atoms with van der Waals surface area (Å²) < 4.78 is 12.7. The first-order chi connectivity index (χ1) is 6.86. The molecule has 0 bridgehead atoms. The van der Waals surface area contributed by atoms with E-state index in [4.69, 9.17) is 0 Å². The van der Waals surface area contributed by atoms with Gasteiger partial charge in [0.25, 0.3) is 0 Å². The summed E-state index contributed by atoms with van der Waals surface area (Å²) in [7, 11) is 0. The van der Waals surface area contributed by atoms with E-state index in [9.17, 15) is 4.39 Å². The molecule has 0 saturated carbocycles. The number of halogens is 1. The first kappa shape index (κ1) is 9.62. The summed E-state index contributed by atoms with van der Waals surface area (Å²) in [4.78, 5) is 0. The van der Waals surface area contributed by atoms with Crippen LogP contribution in [0.4, 0.5) is 4.39 Å². The maximum atomic E-state index is 12.7. The van der Waals surface area contributed by atoms with Crippen LogP contribution in [0.2, 0.25) is 0 Å².